The van der Waals surface area contributed by atoms with Crippen molar-refractivity contribution in [2.75, 3.05) is 7.11 Å². The molecule has 6 heteroatoms. The van der Waals surface area contributed by atoms with Crippen molar-refractivity contribution in [3.63, 3.8) is 0 Å². The first-order valence-corrected chi connectivity index (χ1v) is 5.40. The minimum Gasteiger partial charge on any atom is -0.496 e. The van der Waals surface area contributed by atoms with Crippen molar-refractivity contribution in [2.24, 2.45) is 5.73 Å². The minimum absolute atomic E-state index is 0.252. The minimum atomic E-state index is 0.252. The summed E-state index contributed by atoms with van der Waals surface area (Å²) in [6.07, 6.45) is 0. The van der Waals surface area contributed by atoms with Crippen LogP contribution in [-0.2, 0) is 6.54 Å². The lowest BCUT2D eigenvalue weighted by Gasteiger charge is -2.04. The Hall–Kier alpha value is -1.40. The first kappa shape index (κ1) is 11.1. The predicted octanol–water partition coefficient (Wildman–Crippen LogP) is 1.97. The van der Waals surface area contributed by atoms with Crippen molar-refractivity contribution in [1.29, 1.82) is 0 Å². The first-order chi connectivity index (χ1) is 7.74. The summed E-state index contributed by atoms with van der Waals surface area (Å²) in [5.74, 6) is 1.55. The van der Waals surface area contributed by atoms with Gasteiger partial charge in [0.1, 0.15) is 5.75 Å². The van der Waals surface area contributed by atoms with Gasteiger partial charge in [-0.15, -0.1) is 0 Å². The number of hydrogen-bond acceptors (Lipinski definition) is 5. The Morgan fingerprint density at radius 1 is 1.50 bits per heavy atom. The van der Waals surface area contributed by atoms with E-state index in [-0.39, 0.29) is 6.54 Å². The van der Waals surface area contributed by atoms with Crippen molar-refractivity contribution in [3.05, 3.63) is 28.5 Å². The number of nitrogens with zero attached hydrogens (tertiary/aromatic N) is 2. The zero-order chi connectivity index (χ0) is 11.5. The van der Waals surface area contributed by atoms with Crippen LogP contribution in [0.2, 0.25) is 0 Å². The zero-order valence-electron chi connectivity index (χ0n) is 8.61. The van der Waals surface area contributed by atoms with Gasteiger partial charge in [0.25, 0.3) is 5.89 Å². The lowest BCUT2D eigenvalue weighted by atomic mass is 10.2. The summed E-state index contributed by atoms with van der Waals surface area (Å²) in [6.45, 7) is 0.252. The van der Waals surface area contributed by atoms with Crippen molar-refractivity contribution in [2.45, 2.75) is 6.54 Å². The summed E-state index contributed by atoms with van der Waals surface area (Å²) in [5.41, 5.74) is 6.16. The Morgan fingerprint density at radius 3 is 2.94 bits per heavy atom. The molecule has 0 spiro atoms. The van der Waals surface area contributed by atoms with E-state index < -0.39 is 0 Å². The molecule has 0 fully saturated rings. The largest absolute Gasteiger partial charge is 0.496 e. The molecule has 2 rings (SSSR count). The van der Waals surface area contributed by atoms with Crippen molar-refractivity contribution >= 4 is 15.9 Å². The topological polar surface area (TPSA) is 74.2 Å². The van der Waals surface area contributed by atoms with Crippen LogP contribution in [0, 0.1) is 0 Å². The zero-order valence-corrected chi connectivity index (χ0v) is 10.2. The Balaban J connectivity index is 2.46. The number of halogens is 1. The number of methoxy groups -OCH3 is 1. The molecular formula is C10H10BrN3O2. The van der Waals surface area contributed by atoms with Crippen molar-refractivity contribution < 1.29 is 9.26 Å². The molecule has 1 aromatic carbocycles. The molecule has 0 saturated heterocycles. The van der Waals surface area contributed by atoms with E-state index >= 15 is 0 Å². The molecule has 1 heterocycles. The fourth-order valence-corrected chi connectivity index (χ4v) is 1.63. The first-order valence-electron chi connectivity index (χ1n) is 4.61. The maximum absolute atomic E-state index is 5.41. The smallest absolute Gasteiger partial charge is 0.261 e. The molecule has 0 saturated carbocycles. The molecule has 84 valence electrons. The van der Waals surface area contributed by atoms with Gasteiger partial charge in [0.15, 0.2) is 5.82 Å². The molecule has 0 aliphatic heterocycles. The van der Waals surface area contributed by atoms with E-state index in [2.05, 4.69) is 26.1 Å². The maximum Gasteiger partial charge on any atom is 0.261 e. The van der Waals surface area contributed by atoms with Crippen molar-refractivity contribution in [1.82, 2.24) is 10.1 Å². The van der Waals surface area contributed by atoms with E-state index in [1.807, 2.05) is 18.2 Å². The summed E-state index contributed by atoms with van der Waals surface area (Å²) in [6, 6.07) is 5.56. The molecule has 1 aromatic heterocycles. The highest BCUT2D eigenvalue weighted by Gasteiger charge is 2.13. The molecule has 0 unspecified atom stereocenters. The van der Waals surface area contributed by atoms with Crippen LogP contribution in [0.3, 0.4) is 0 Å². The Labute approximate surface area is 101 Å². The molecule has 0 amide bonds. The van der Waals surface area contributed by atoms with E-state index in [9.17, 15) is 0 Å². The quantitative estimate of drug-likeness (QED) is 0.932. The van der Waals surface area contributed by atoms with E-state index in [0.29, 0.717) is 17.5 Å². The van der Waals surface area contributed by atoms with Crippen LogP contribution in [0.1, 0.15) is 5.82 Å². The third-order valence-electron chi connectivity index (χ3n) is 2.04. The number of ether oxygens (including phenoxy) is 1. The normalized spacial score (nSPS) is 10.4. The summed E-state index contributed by atoms with van der Waals surface area (Å²) >= 11 is 3.36. The van der Waals surface area contributed by atoms with Gasteiger partial charge >= 0.3 is 0 Å². The third kappa shape index (κ3) is 2.07. The molecule has 5 nitrogen and oxygen atoms in total. The van der Waals surface area contributed by atoms with Crippen LogP contribution in [0.5, 0.6) is 5.75 Å². The van der Waals surface area contributed by atoms with Gasteiger partial charge in [-0.25, -0.2) is 0 Å². The molecule has 2 aromatic rings. The lowest BCUT2D eigenvalue weighted by molar-refractivity contribution is 0.402. The monoisotopic (exact) mass is 283 g/mol. The molecule has 2 N–H and O–H groups in total. The average Bonchev–Trinajstić information content (AvgIpc) is 2.77. The van der Waals surface area contributed by atoms with Gasteiger partial charge in [0, 0.05) is 4.47 Å². The van der Waals surface area contributed by atoms with Crippen LogP contribution < -0.4 is 10.5 Å². The number of aromatic nitrogens is 2. The second-order valence-corrected chi connectivity index (χ2v) is 3.98. The Morgan fingerprint density at radius 2 is 2.31 bits per heavy atom. The molecule has 0 bridgehead atoms. The molecule has 16 heavy (non-hydrogen) atoms. The van der Waals surface area contributed by atoms with Gasteiger partial charge in [0.05, 0.1) is 19.2 Å². The van der Waals surface area contributed by atoms with Crippen LogP contribution in [-0.4, -0.2) is 17.3 Å². The predicted molar refractivity (Wildman–Crippen MR) is 61.9 cm³/mol. The fraction of sp³-hybridized carbons (Fsp3) is 0.200. The summed E-state index contributed by atoms with van der Waals surface area (Å²) in [4.78, 5) is 4.14. The maximum atomic E-state index is 5.41. The number of benzene rings is 1. The van der Waals surface area contributed by atoms with Gasteiger partial charge in [-0.2, -0.15) is 4.98 Å². The standard InChI is InChI=1S/C10H10BrN3O2/c1-15-8-4-6(11)2-3-7(8)10-13-9(5-12)14-16-10/h2-4H,5,12H2,1H3. The van der Waals surface area contributed by atoms with E-state index in [1.54, 1.807) is 7.11 Å². The number of rotatable bonds is 3. The van der Waals surface area contributed by atoms with Crippen LogP contribution in [0.15, 0.2) is 27.2 Å². The van der Waals surface area contributed by atoms with Crippen LogP contribution in [0.25, 0.3) is 11.5 Å². The van der Waals surface area contributed by atoms with E-state index in [4.69, 9.17) is 15.0 Å². The molecular weight excluding hydrogens is 274 g/mol. The Bertz CT molecular complexity index is 499. The molecule has 0 radical (unpaired) electrons. The lowest BCUT2D eigenvalue weighted by Crippen LogP contribution is -1.97. The fourth-order valence-electron chi connectivity index (χ4n) is 1.29. The summed E-state index contributed by atoms with van der Waals surface area (Å²) in [5, 5.41) is 3.73. The number of nitrogens with two attached hydrogens (primary N) is 1. The summed E-state index contributed by atoms with van der Waals surface area (Å²) in [7, 11) is 1.59. The second-order valence-electron chi connectivity index (χ2n) is 3.06. The highest BCUT2D eigenvalue weighted by atomic mass is 79.9. The molecule has 0 aliphatic carbocycles. The van der Waals surface area contributed by atoms with E-state index in [1.165, 1.54) is 0 Å². The summed E-state index contributed by atoms with van der Waals surface area (Å²) < 4.78 is 11.2. The van der Waals surface area contributed by atoms with Gasteiger partial charge in [-0.3, -0.25) is 0 Å². The SMILES string of the molecule is COc1cc(Br)ccc1-c1nc(CN)no1. The highest BCUT2D eigenvalue weighted by Crippen LogP contribution is 2.31. The van der Waals surface area contributed by atoms with Crippen LogP contribution in [0.4, 0.5) is 0 Å². The highest BCUT2D eigenvalue weighted by molar-refractivity contribution is 9.10. The second kappa shape index (κ2) is 4.63. The molecule has 0 aliphatic rings. The molecule has 0 atom stereocenters. The Kier molecular flexibility index (Phi) is 3.21. The van der Waals surface area contributed by atoms with Gasteiger partial charge < -0.3 is 15.0 Å². The van der Waals surface area contributed by atoms with E-state index in [0.717, 1.165) is 10.0 Å². The van der Waals surface area contributed by atoms with Gasteiger partial charge in [-0.05, 0) is 18.2 Å². The van der Waals surface area contributed by atoms with Crippen molar-refractivity contribution in [3.8, 4) is 17.2 Å². The van der Waals surface area contributed by atoms with Crippen LogP contribution >= 0.6 is 15.9 Å². The van der Waals surface area contributed by atoms with Gasteiger partial charge in [-0.1, -0.05) is 21.1 Å². The van der Waals surface area contributed by atoms with Gasteiger partial charge in [0.2, 0.25) is 0 Å². The number of hydrogen-bond donors (Lipinski definition) is 1. The average molecular weight is 284 g/mol. The third-order valence-corrected chi connectivity index (χ3v) is 2.54.